The fourth-order valence-corrected chi connectivity index (χ4v) is 3.06. The Hall–Kier alpha value is -2.28. The number of halogens is 2. The van der Waals surface area contributed by atoms with E-state index in [4.69, 9.17) is 27.9 Å². The molecule has 0 bridgehead atoms. The van der Waals surface area contributed by atoms with Crippen molar-refractivity contribution in [2.75, 3.05) is 33.1 Å². The van der Waals surface area contributed by atoms with E-state index >= 15 is 0 Å². The molecule has 0 saturated carbocycles. The predicted octanol–water partition coefficient (Wildman–Crippen LogP) is 3.43. The third-order valence-electron chi connectivity index (χ3n) is 3.59. The van der Waals surface area contributed by atoms with Crippen molar-refractivity contribution in [1.29, 1.82) is 0 Å². The van der Waals surface area contributed by atoms with Gasteiger partial charge in [-0.1, -0.05) is 35.3 Å². The Balaban J connectivity index is 2.01. The van der Waals surface area contributed by atoms with Gasteiger partial charge in [0.05, 0.1) is 23.7 Å². The monoisotopic (exact) mass is 409 g/mol. The number of amides is 2. The summed E-state index contributed by atoms with van der Waals surface area (Å²) in [6, 6.07) is 10.3. The highest BCUT2D eigenvalue weighted by molar-refractivity contribution is 6.37. The van der Waals surface area contributed by atoms with Crippen LogP contribution in [0.5, 0.6) is 5.75 Å². The minimum Gasteiger partial charge on any atom is -0.494 e. The molecule has 0 aliphatic carbocycles. The first-order chi connectivity index (χ1) is 12.8. The average molecular weight is 410 g/mol. The van der Waals surface area contributed by atoms with Crippen molar-refractivity contribution in [1.82, 2.24) is 10.2 Å². The molecular weight excluding hydrogens is 389 g/mol. The number of carbonyl (C=O) groups excluding carboxylic acids is 2. The van der Waals surface area contributed by atoms with Crippen LogP contribution in [0.15, 0.2) is 36.4 Å². The summed E-state index contributed by atoms with van der Waals surface area (Å²) in [6.45, 7) is 0.581. The SMILES string of the molecule is COc1c(Cl)cc(C(=O)NCc2cccc(NC(=O)CN(C)C)c2)cc1Cl. The maximum atomic E-state index is 12.4. The van der Waals surface area contributed by atoms with Gasteiger partial charge in [-0.25, -0.2) is 0 Å². The second-order valence-electron chi connectivity index (χ2n) is 6.14. The quantitative estimate of drug-likeness (QED) is 0.734. The molecule has 2 rings (SSSR count). The van der Waals surface area contributed by atoms with E-state index in [1.54, 1.807) is 11.0 Å². The summed E-state index contributed by atoms with van der Waals surface area (Å²) in [4.78, 5) is 26.0. The van der Waals surface area contributed by atoms with Crippen molar-refractivity contribution in [2.24, 2.45) is 0 Å². The van der Waals surface area contributed by atoms with Gasteiger partial charge in [0, 0.05) is 17.8 Å². The molecule has 0 radical (unpaired) electrons. The molecular formula is C19H21Cl2N3O3. The van der Waals surface area contributed by atoms with Gasteiger partial charge in [-0.2, -0.15) is 0 Å². The standard InChI is InChI=1S/C19H21Cl2N3O3/c1-24(2)11-17(25)23-14-6-4-5-12(7-14)10-22-19(26)13-8-15(20)18(27-3)16(21)9-13/h4-9H,10-11H2,1-3H3,(H,22,26)(H,23,25). The highest BCUT2D eigenvalue weighted by Gasteiger charge is 2.13. The van der Waals surface area contributed by atoms with Crippen molar-refractivity contribution in [3.05, 3.63) is 57.6 Å². The molecule has 2 amide bonds. The topological polar surface area (TPSA) is 70.7 Å². The van der Waals surface area contributed by atoms with E-state index in [1.165, 1.54) is 19.2 Å². The summed E-state index contributed by atoms with van der Waals surface area (Å²) in [5.74, 6) is -0.0942. The lowest BCUT2D eigenvalue weighted by Crippen LogP contribution is -2.27. The fraction of sp³-hybridized carbons (Fsp3) is 0.263. The molecule has 0 atom stereocenters. The molecule has 8 heteroatoms. The zero-order valence-electron chi connectivity index (χ0n) is 15.3. The van der Waals surface area contributed by atoms with Gasteiger partial charge in [0.2, 0.25) is 5.91 Å². The Morgan fingerprint density at radius 2 is 1.78 bits per heavy atom. The van der Waals surface area contributed by atoms with Crippen LogP contribution in [-0.4, -0.2) is 44.5 Å². The second-order valence-corrected chi connectivity index (χ2v) is 6.96. The lowest BCUT2D eigenvalue weighted by atomic mass is 10.1. The normalized spacial score (nSPS) is 10.6. The minimum atomic E-state index is -0.316. The molecule has 0 aliphatic heterocycles. The maximum absolute atomic E-state index is 12.4. The lowest BCUT2D eigenvalue weighted by Gasteiger charge is -2.12. The summed E-state index contributed by atoms with van der Waals surface area (Å²) in [5, 5.41) is 6.15. The summed E-state index contributed by atoms with van der Waals surface area (Å²) in [5.41, 5.74) is 1.85. The van der Waals surface area contributed by atoms with E-state index in [1.807, 2.05) is 32.3 Å². The lowest BCUT2D eigenvalue weighted by molar-refractivity contribution is -0.116. The van der Waals surface area contributed by atoms with E-state index in [2.05, 4.69) is 10.6 Å². The van der Waals surface area contributed by atoms with Gasteiger partial charge >= 0.3 is 0 Å². The zero-order chi connectivity index (χ0) is 20.0. The molecule has 2 aromatic rings. The molecule has 27 heavy (non-hydrogen) atoms. The molecule has 0 heterocycles. The summed E-state index contributed by atoms with van der Waals surface area (Å²) >= 11 is 12.1. The molecule has 0 unspecified atom stereocenters. The number of nitrogens with one attached hydrogen (secondary N) is 2. The smallest absolute Gasteiger partial charge is 0.251 e. The third-order valence-corrected chi connectivity index (χ3v) is 4.15. The van der Waals surface area contributed by atoms with E-state index in [0.29, 0.717) is 23.5 Å². The molecule has 6 nitrogen and oxygen atoms in total. The van der Waals surface area contributed by atoms with Gasteiger partial charge in [0.25, 0.3) is 5.91 Å². The molecule has 0 fully saturated rings. The van der Waals surface area contributed by atoms with Crippen LogP contribution in [-0.2, 0) is 11.3 Å². The van der Waals surface area contributed by atoms with Crippen LogP contribution in [0.4, 0.5) is 5.69 Å². The number of hydrogen-bond acceptors (Lipinski definition) is 4. The number of methoxy groups -OCH3 is 1. The Kier molecular flexibility index (Phi) is 7.47. The van der Waals surface area contributed by atoms with E-state index in [0.717, 1.165) is 5.56 Å². The first-order valence-corrected chi connectivity index (χ1v) is 8.90. The van der Waals surface area contributed by atoms with Gasteiger partial charge in [0.15, 0.2) is 5.75 Å². The van der Waals surface area contributed by atoms with Crippen LogP contribution < -0.4 is 15.4 Å². The van der Waals surface area contributed by atoms with Gasteiger partial charge < -0.3 is 20.3 Å². The van der Waals surface area contributed by atoms with Crippen molar-refractivity contribution >= 4 is 40.7 Å². The van der Waals surface area contributed by atoms with Crippen LogP contribution >= 0.6 is 23.2 Å². The largest absolute Gasteiger partial charge is 0.494 e. The van der Waals surface area contributed by atoms with E-state index < -0.39 is 0 Å². The van der Waals surface area contributed by atoms with Crippen molar-refractivity contribution < 1.29 is 14.3 Å². The third kappa shape index (κ3) is 6.13. The highest BCUT2D eigenvalue weighted by Crippen LogP contribution is 2.33. The molecule has 2 aromatic carbocycles. The molecule has 0 saturated heterocycles. The Bertz CT molecular complexity index is 818. The Morgan fingerprint density at radius 1 is 1.11 bits per heavy atom. The predicted molar refractivity (Wildman–Crippen MR) is 108 cm³/mol. The zero-order valence-corrected chi connectivity index (χ0v) is 16.8. The number of anilines is 1. The summed E-state index contributed by atoms with van der Waals surface area (Å²) in [7, 11) is 5.10. The number of likely N-dealkylation sites (N-methyl/N-ethyl adjacent to an activating group) is 1. The molecule has 2 N–H and O–H groups in total. The fourth-order valence-electron chi connectivity index (χ4n) is 2.42. The van der Waals surface area contributed by atoms with Gasteiger partial charge in [-0.15, -0.1) is 0 Å². The first kappa shape index (κ1) is 21.0. The average Bonchev–Trinajstić information content (AvgIpc) is 2.59. The van der Waals surface area contributed by atoms with Crippen LogP contribution in [0.2, 0.25) is 10.0 Å². The van der Waals surface area contributed by atoms with E-state index in [9.17, 15) is 9.59 Å². The second kappa shape index (κ2) is 9.60. The molecule has 0 spiro atoms. The number of carbonyl (C=O) groups is 2. The van der Waals surface area contributed by atoms with Crippen LogP contribution in [0.1, 0.15) is 15.9 Å². The Morgan fingerprint density at radius 3 is 2.37 bits per heavy atom. The van der Waals surface area contributed by atoms with E-state index in [-0.39, 0.29) is 28.4 Å². The van der Waals surface area contributed by atoms with Crippen LogP contribution in [0.25, 0.3) is 0 Å². The van der Waals surface area contributed by atoms with Gasteiger partial charge in [-0.3, -0.25) is 9.59 Å². The Labute approximate surface area is 168 Å². The van der Waals surface area contributed by atoms with Gasteiger partial charge in [-0.05, 0) is 43.9 Å². The number of ether oxygens (including phenoxy) is 1. The van der Waals surface area contributed by atoms with Crippen molar-refractivity contribution in [3.63, 3.8) is 0 Å². The van der Waals surface area contributed by atoms with Crippen LogP contribution in [0.3, 0.4) is 0 Å². The summed E-state index contributed by atoms with van der Waals surface area (Å²) in [6.07, 6.45) is 0. The first-order valence-electron chi connectivity index (χ1n) is 8.15. The molecule has 144 valence electrons. The highest BCUT2D eigenvalue weighted by atomic mass is 35.5. The van der Waals surface area contributed by atoms with Crippen molar-refractivity contribution in [3.8, 4) is 5.75 Å². The van der Waals surface area contributed by atoms with Crippen molar-refractivity contribution in [2.45, 2.75) is 6.54 Å². The number of benzene rings is 2. The molecule has 0 aliphatic rings. The maximum Gasteiger partial charge on any atom is 0.251 e. The molecule has 0 aromatic heterocycles. The minimum absolute atomic E-state index is 0.108. The number of rotatable bonds is 7. The van der Waals surface area contributed by atoms with Gasteiger partial charge in [0.1, 0.15) is 0 Å². The summed E-state index contributed by atoms with van der Waals surface area (Å²) < 4.78 is 5.08. The van der Waals surface area contributed by atoms with Crippen LogP contribution in [0, 0.1) is 0 Å². The number of hydrogen-bond donors (Lipinski definition) is 2. The number of nitrogens with zero attached hydrogens (tertiary/aromatic N) is 1.